The number of thiophene rings is 2. The van der Waals surface area contributed by atoms with E-state index in [0.29, 0.717) is 4.88 Å². The fourth-order valence-electron chi connectivity index (χ4n) is 2.26. The largest absolute Gasteiger partial charge is 0.354 e. The Bertz CT molecular complexity index is 981. The highest BCUT2D eigenvalue weighted by Gasteiger charge is 2.15. The highest BCUT2D eigenvalue weighted by Crippen LogP contribution is 2.34. The van der Waals surface area contributed by atoms with Crippen molar-refractivity contribution in [1.29, 1.82) is 0 Å². The van der Waals surface area contributed by atoms with Gasteiger partial charge in [-0.1, -0.05) is 11.3 Å². The third-order valence-electron chi connectivity index (χ3n) is 3.39. The van der Waals surface area contributed by atoms with Crippen LogP contribution in [0.5, 0.6) is 0 Å². The smallest absolute Gasteiger partial charge is 0.265 e. The average Bonchev–Trinajstić information content (AvgIpc) is 3.20. The predicted molar refractivity (Wildman–Crippen MR) is 102 cm³/mol. The first kappa shape index (κ1) is 14.6. The van der Waals surface area contributed by atoms with Crippen molar-refractivity contribution in [3.8, 4) is 0 Å². The van der Waals surface area contributed by atoms with Gasteiger partial charge in [-0.3, -0.25) is 4.79 Å². The van der Waals surface area contributed by atoms with Crippen molar-refractivity contribution >= 4 is 70.4 Å². The molecule has 0 saturated heterocycles. The number of fused-ring (bicyclic) bond motifs is 2. The number of nitrogens with zero attached hydrogens (tertiary/aromatic N) is 2. The minimum absolute atomic E-state index is 0.0822. The van der Waals surface area contributed by atoms with E-state index in [0.717, 1.165) is 25.7 Å². The molecule has 3 heterocycles. The molecule has 0 spiro atoms. The fraction of sp³-hybridized carbons (Fsp3) is 0.125. The van der Waals surface area contributed by atoms with E-state index in [1.165, 1.54) is 16.0 Å². The standard InChI is InChI=1S/C16H13N3OS3/c1-19(2)16-18-15-13(23-16)8-12(22-15)14(20)17-10-3-4-11-9(7-10)5-6-21-11/h3-8H,1-2H3,(H,17,20). The number of carbonyl (C=O) groups excluding carboxylic acids is 1. The number of thiazole rings is 1. The summed E-state index contributed by atoms with van der Waals surface area (Å²) in [6.07, 6.45) is 0. The molecule has 0 saturated carbocycles. The van der Waals surface area contributed by atoms with Crippen LogP contribution in [0.3, 0.4) is 0 Å². The second-order valence-electron chi connectivity index (χ2n) is 5.30. The molecular weight excluding hydrogens is 346 g/mol. The topological polar surface area (TPSA) is 45.2 Å². The van der Waals surface area contributed by atoms with Crippen molar-refractivity contribution in [2.75, 3.05) is 24.3 Å². The highest BCUT2D eigenvalue weighted by molar-refractivity contribution is 7.29. The summed E-state index contributed by atoms with van der Waals surface area (Å²) in [5.74, 6) is -0.0822. The van der Waals surface area contributed by atoms with Gasteiger partial charge in [0, 0.05) is 24.5 Å². The summed E-state index contributed by atoms with van der Waals surface area (Å²) in [7, 11) is 3.94. The number of hydrogen-bond donors (Lipinski definition) is 1. The van der Waals surface area contributed by atoms with Crippen molar-refractivity contribution in [2.24, 2.45) is 0 Å². The third kappa shape index (κ3) is 2.71. The van der Waals surface area contributed by atoms with E-state index in [9.17, 15) is 4.79 Å². The summed E-state index contributed by atoms with van der Waals surface area (Å²) >= 11 is 4.73. The predicted octanol–water partition coefficient (Wildman–Crippen LogP) is 4.89. The van der Waals surface area contributed by atoms with Gasteiger partial charge in [-0.2, -0.15) is 0 Å². The Labute approximate surface area is 145 Å². The van der Waals surface area contributed by atoms with E-state index in [2.05, 4.69) is 21.7 Å². The molecule has 0 aliphatic heterocycles. The van der Waals surface area contributed by atoms with Gasteiger partial charge in [-0.15, -0.1) is 22.7 Å². The Morgan fingerprint density at radius 2 is 2.00 bits per heavy atom. The minimum Gasteiger partial charge on any atom is -0.354 e. The molecule has 0 aliphatic carbocycles. The van der Waals surface area contributed by atoms with E-state index in [1.807, 2.05) is 43.3 Å². The second-order valence-corrected chi connectivity index (χ2v) is 8.29. The highest BCUT2D eigenvalue weighted by atomic mass is 32.1. The lowest BCUT2D eigenvalue weighted by molar-refractivity contribution is 0.103. The maximum Gasteiger partial charge on any atom is 0.265 e. The van der Waals surface area contributed by atoms with Crippen LogP contribution in [-0.4, -0.2) is 25.0 Å². The SMILES string of the molecule is CN(C)c1nc2sc(C(=O)Nc3ccc4sccc4c3)cc2s1. The fourth-order valence-corrected chi connectivity index (χ4v) is 5.06. The number of benzene rings is 1. The summed E-state index contributed by atoms with van der Waals surface area (Å²) < 4.78 is 2.28. The van der Waals surface area contributed by atoms with Gasteiger partial charge in [0.25, 0.3) is 5.91 Å². The first-order valence-electron chi connectivity index (χ1n) is 6.96. The van der Waals surface area contributed by atoms with Crippen LogP contribution in [0, 0.1) is 0 Å². The molecule has 4 nitrogen and oxygen atoms in total. The first-order chi connectivity index (χ1) is 11.1. The van der Waals surface area contributed by atoms with Crippen molar-refractivity contribution in [1.82, 2.24) is 4.98 Å². The number of hydrogen-bond acceptors (Lipinski definition) is 6. The lowest BCUT2D eigenvalue weighted by Gasteiger charge is -2.05. The molecule has 0 atom stereocenters. The molecule has 1 N–H and O–H groups in total. The summed E-state index contributed by atoms with van der Waals surface area (Å²) in [6, 6.07) is 9.96. The molecular formula is C16H13N3OS3. The lowest BCUT2D eigenvalue weighted by Crippen LogP contribution is -2.09. The molecule has 0 fully saturated rings. The summed E-state index contributed by atoms with van der Waals surface area (Å²) in [6.45, 7) is 0. The van der Waals surface area contributed by atoms with Gasteiger partial charge in [0.2, 0.25) is 0 Å². The second kappa shape index (κ2) is 5.59. The zero-order valence-electron chi connectivity index (χ0n) is 12.5. The summed E-state index contributed by atoms with van der Waals surface area (Å²) in [5.41, 5.74) is 0.819. The van der Waals surface area contributed by atoms with E-state index in [1.54, 1.807) is 22.7 Å². The number of anilines is 2. The van der Waals surface area contributed by atoms with Crippen LogP contribution < -0.4 is 10.2 Å². The molecule has 116 valence electrons. The zero-order valence-corrected chi connectivity index (χ0v) is 14.9. The Morgan fingerprint density at radius 3 is 2.78 bits per heavy atom. The van der Waals surface area contributed by atoms with Crippen LogP contribution in [0.2, 0.25) is 0 Å². The van der Waals surface area contributed by atoms with Gasteiger partial charge in [-0.05, 0) is 41.1 Å². The third-order valence-corrected chi connectivity index (χ3v) is 6.62. The molecule has 0 aliphatic rings. The maximum absolute atomic E-state index is 12.4. The Morgan fingerprint density at radius 1 is 1.13 bits per heavy atom. The van der Waals surface area contributed by atoms with Crippen molar-refractivity contribution in [3.05, 3.63) is 40.6 Å². The van der Waals surface area contributed by atoms with E-state index >= 15 is 0 Å². The lowest BCUT2D eigenvalue weighted by atomic mass is 10.2. The average molecular weight is 360 g/mol. The van der Waals surface area contributed by atoms with Crippen LogP contribution in [0.15, 0.2) is 35.7 Å². The van der Waals surface area contributed by atoms with Gasteiger partial charge in [0.1, 0.15) is 4.83 Å². The van der Waals surface area contributed by atoms with Crippen LogP contribution >= 0.6 is 34.0 Å². The summed E-state index contributed by atoms with van der Waals surface area (Å²) in [4.78, 5) is 20.6. The Kier molecular flexibility index (Phi) is 3.56. The molecule has 4 rings (SSSR count). The maximum atomic E-state index is 12.4. The van der Waals surface area contributed by atoms with Crippen molar-refractivity contribution < 1.29 is 4.79 Å². The Hall–Kier alpha value is -1.96. The molecule has 7 heteroatoms. The van der Waals surface area contributed by atoms with E-state index in [4.69, 9.17) is 0 Å². The van der Waals surface area contributed by atoms with Crippen LogP contribution in [0.25, 0.3) is 19.6 Å². The molecule has 4 aromatic rings. The van der Waals surface area contributed by atoms with Gasteiger partial charge in [0.15, 0.2) is 5.13 Å². The van der Waals surface area contributed by atoms with Gasteiger partial charge in [-0.25, -0.2) is 4.98 Å². The molecule has 1 amide bonds. The van der Waals surface area contributed by atoms with Gasteiger partial charge in [0.05, 0.1) is 9.58 Å². The number of amides is 1. The van der Waals surface area contributed by atoms with Crippen LogP contribution in [0.1, 0.15) is 9.67 Å². The van der Waals surface area contributed by atoms with Crippen molar-refractivity contribution in [2.45, 2.75) is 0 Å². The van der Waals surface area contributed by atoms with Crippen LogP contribution in [-0.2, 0) is 0 Å². The number of aromatic nitrogens is 1. The Balaban J connectivity index is 1.59. The minimum atomic E-state index is -0.0822. The van der Waals surface area contributed by atoms with E-state index in [-0.39, 0.29) is 5.91 Å². The van der Waals surface area contributed by atoms with Crippen LogP contribution in [0.4, 0.5) is 10.8 Å². The van der Waals surface area contributed by atoms with E-state index < -0.39 is 0 Å². The zero-order chi connectivity index (χ0) is 16.0. The first-order valence-corrected chi connectivity index (χ1v) is 9.48. The number of nitrogens with one attached hydrogen (secondary N) is 1. The van der Waals surface area contributed by atoms with Gasteiger partial charge < -0.3 is 10.2 Å². The summed E-state index contributed by atoms with van der Waals surface area (Å²) in [5, 5.41) is 7.13. The molecule has 0 unspecified atom stereocenters. The van der Waals surface area contributed by atoms with Gasteiger partial charge >= 0.3 is 0 Å². The number of carbonyl (C=O) groups is 1. The quantitative estimate of drug-likeness (QED) is 0.566. The molecule has 3 aromatic heterocycles. The number of rotatable bonds is 3. The normalized spacial score (nSPS) is 11.2. The van der Waals surface area contributed by atoms with Crippen molar-refractivity contribution in [3.63, 3.8) is 0 Å². The molecule has 23 heavy (non-hydrogen) atoms. The molecule has 0 radical (unpaired) electrons. The molecule has 0 bridgehead atoms. The molecule has 1 aromatic carbocycles. The monoisotopic (exact) mass is 359 g/mol.